The molecule has 1 atom stereocenters. The van der Waals surface area contributed by atoms with Gasteiger partial charge in [0.05, 0.1) is 17.1 Å². The molecule has 29 heavy (non-hydrogen) atoms. The number of aliphatic hydroxyl groups excluding tert-OH is 1. The van der Waals surface area contributed by atoms with Gasteiger partial charge in [-0.3, -0.25) is 0 Å². The number of benzene rings is 2. The second-order valence-electron chi connectivity index (χ2n) is 6.94. The van der Waals surface area contributed by atoms with Gasteiger partial charge in [-0.25, -0.2) is 13.5 Å². The highest BCUT2D eigenvalue weighted by Crippen LogP contribution is 2.27. The third-order valence-corrected chi connectivity index (χ3v) is 4.58. The fraction of sp³-hybridized carbons (Fsp3) is 0.273. The van der Waals surface area contributed by atoms with Gasteiger partial charge in [-0.05, 0) is 49.1 Å². The number of hydrogen-bond donors (Lipinski definition) is 1. The summed E-state index contributed by atoms with van der Waals surface area (Å²) in [5, 5.41) is 23.0. The lowest BCUT2D eigenvalue weighted by Gasteiger charge is -2.13. The summed E-state index contributed by atoms with van der Waals surface area (Å²) in [5.74, 6) is -2.27. The van der Waals surface area contributed by atoms with Crippen LogP contribution in [0, 0.1) is 35.8 Å². The Kier molecular flexibility index (Phi) is 6.25. The molecule has 0 saturated heterocycles. The summed E-state index contributed by atoms with van der Waals surface area (Å²) in [6.07, 6.45) is 0.350. The maximum atomic E-state index is 14.5. The number of hydrogen-bond acceptors (Lipinski definition) is 4. The van der Waals surface area contributed by atoms with Gasteiger partial charge >= 0.3 is 0 Å². The molecule has 0 aliphatic carbocycles. The Morgan fingerprint density at radius 1 is 1.21 bits per heavy atom. The van der Waals surface area contributed by atoms with E-state index < -0.39 is 17.4 Å². The minimum Gasteiger partial charge on any atom is -0.481 e. The van der Waals surface area contributed by atoms with Crippen molar-refractivity contribution in [3.8, 4) is 17.5 Å². The van der Waals surface area contributed by atoms with Gasteiger partial charge in [-0.15, -0.1) is 0 Å². The standard InChI is InChI=1S/C22H21F2N3O2/c1-14(12-28)8-16-9-19(23)22(20(24)10-16)29-13-21-18(11-25)15(2)26-27(21)17-6-4-3-5-7-17/h3-7,9-10,14,28H,8,12-13H2,1-2H3. The lowest BCUT2D eigenvalue weighted by Crippen LogP contribution is -2.09. The molecule has 0 saturated carbocycles. The van der Waals surface area contributed by atoms with E-state index in [2.05, 4.69) is 11.2 Å². The summed E-state index contributed by atoms with van der Waals surface area (Å²) in [7, 11) is 0. The van der Waals surface area contributed by atoms with Crippen LogP contribution in [0.5, 0.6) is 5.75 Å². The largest absolute Gasteiger partial charge is 0.481 e. The highest BCUT2D eigenvalue weighted by atomic mass is 19.1. The van der Waals surface area contributed by atoms with Crippen molar-refractivity contribution in [3.63, 3.8) is 0 Å². The molecule has 1 N–H and O–H groups in total. The van der Waals surface area contributed by atoms with E-state index >= 15 is 0 Å². The van der Waals surface area contributed by atoms with Gasteiger partial charge < -0.3 is 9.84 Å². The number of nitrogens with zero attached hydrogens (tertiary/aromatic N) is 3. The van der Waals surface area contributed by atoms with Crippen molar-refractivity contribution < 1.29 is 18.6 Å². The van der Waals surface area contributed by atoms with Crippen LogP contribution < -0.4 is 4.74 Å². The van der Waals surface area contributed by atoms with Crippen LogP contribution in [0.1, 0.15) is 29.4 Å². The molecule has 5 nitrogen and oxygen atoms in total. The molecular weight excluding hydrogens is 376 g/mol. The van der Waals surface area contributed by atoms with Crippen LogP contribution in [-0.2, 0) is 13.0 Å². The second-order valence-corrected chi connectivity index (χ2v) is 6.94. The number of aliphatic hydroxyl groups is 1. The molecule has 0 bridgehead atoms. The summed E-state index contributed by atoms with van der Waals surface area (Å²) in [4.78, 5) is 0. The van der Waals surface area contributed by atoms with Crippen LogP contribution in [0.15, 0.2) is 42.5 Å². The summed E-state index contributed by atoms with van der Waals surface area (Å²) in [6, 6.07) is 13.6. The predicted octanol–water partition coefficient (Wildman–Crippen LogP) is 4.08. The number of ether oxygens (including phenoxy) is 1. The first-order valence-corrected chi connectivity index (χ1v) is 9.20. The number of aromatic nitrogens is 2. The number of halogens is 2. The first-order chi connectivity index (χ1) is 13.9. The van der Waals surface area contributed by atoms with Crippen molar-refractivity contribution in [1.82, 2.24) is 9.78 Å². The molecule has 0 radical (unpaired) electrons. The predicted molar refractivity (Wildman–Crippen MR) is 104 cm³/mol. The average Bonchev–Trinajstić information content (AvgIpc) is 3.03. The van der Waals surface area contributed by atoms with Gasteiger partial charge in [0.25, 0.3) is 0 Å². The van der Waals surface area contributed by atoms with Crippen LogP contribution in [0.3, 0.4) is 0 Å². The maximum Gasteiger partial charge on any atom is 0.191 e. The normalized spacial score (nSPS) is 11.9. The number of nitriles is 1. The Balaban J connectivity index is 1.90. The summed E-state index contributed by atoms with van der Waals surface area (Å²) in [5.41, 5.74) is 2.38. The fourth-order valence-corrected chi connectivity index (χ4v) is 3.11. The Morgan fingerprint density at radius 3 is 2.45 bits per heavy atom. The molecule has 3 rings (SSSR count). The minimum absolute atomic E-state index is 0.0682. The first-order valence-electron chi connectivity index (χ1n) is 9.20. The zero-order valence-electron chi connectivity index (χ0n) is 16.2. The summed E-state index contributed by atoms with van der Waals surface area (Å²) in [6.45, 7) is 3.19. The third-order valence-electron chi connectivity index (χ3n) is 4.58. The van der Waals surface area contributed by atoms with Crippen molar-refractivity contribution >= 4 is 0 Å². The monoisotopic (exact) mass is 397 g/mol. The van der Waals surface area contributed by atoms with E-state index in [1.54, 1.807) is 18.5 Å². The quantitative estimate of drug-likeness (QED) is 0.652. The molecule has 0 spiro atoms. The molecule has 1 aromatic heterocycles. The minimum atomic E-state index is -0.828. The molecule has 0 amide bonds. The zero-order valence-corrected chi connectivity index (χ0v) is 16.2. The molecular formula is C22H21F2N3O2. The van der Waals surface area contributed by atoms with E-state index in [0.29, 0.717) is 34.6 Å². The third kappa shape index (κ3) is 4.44. The van der Waals surface area contributed by atoms with Gasteiger partial charge in [-0.2, -0.15) is 10.4 Å². The average molecular weight is 397 g/mol. The van der Waals surface area contributed by atoms with Gasteiger partial charge in [0.15, 0.2) is 17.4 Å². The molecule has 2 aromatic carbocycles. The van der Waals surface area contributed by atoms with Crippen LogP contribution in [0.2, 0.25) is 0 Å². The molecule has 1 heterocycles. The second kappa shape index (κ2) is 8.84. The first kappa shape index (κ1) is 20.5. The van der Waals surface area contributed by atoms with Gasteiger partial charge in [0, 0.05) is 6.61 Å². The van der Waals surface area contributed by atoms with E-state index in [-0.39, 0.29) is 19.1 Å². The van der Waals surface area contributed by atoms with Crippen molar-refractivity contribution in [2.45, 2.75) is 26.9 Å². The lowest BCUT2D eigenvalue weighted by atomic mass is 10.0. The van der Waals surface area contributed by atoms with Gasteiger partial charge in [0.1, 0.15) is 18.2 Å². The van der Waals surface area contributed by atoms with E-state index in [1.165, 1.54) is 12.1 Å². The van der Waals surface area contributed by atoms with Crippen molar-refractivity contribution in [1.29, 1.82) is 5.26 Å². The smallest absolute Gasteiger partial charge is 0.191 e. The Labute approximate surface area is 167 Å². The van der Waals surface area contributed by atoms with E-state index in [1.807, 2.05) is 30.3 Å². The van der Waals surface area contributed by atoms with Crippen LogP contribution >= 0.6 is 0 Å². The zero-order chi connectivity index (χ0) is 21.0. The topological polar surface area (TPSA) is 71.1 Å². The van der Waals surface area contributed by atoms with E-state index in [4.69, 9.17) is 9.84 Å². The van der Waals surface area contributed by atoms with E-state index in [9.17, 15) is 14.0 Å². The number of aryl methyl sites for hydroxylation is 1. The summed E-state index contributed by atoms with van der Waals surface area (Å²) < 4.78 is 35.9. The Hall–Kier alpha value is -3.24. The molecule has 0 aliphatic heterocycles. The molecule has 0 fully saturated rings. The molecule has 7 heteroatoms. The van der Waals surface area contributed by atoms with Gasteiger partial charge in [-0.1, -0.05) is 25.1 Å². The van der Waals surface area contributed by atoms with Crippen LogP contribution in [0.25, 0.3) is 5.69 Å². The molecule has 0 aliphatic rings. The van der Waals surface area contributed by atoms with Crippen molar-refractivity contribution in [2.24, 2.45) is 5.92 Å². The van der Waals surface area contributed by atoms with E-state index in [0.717, 1.165) is 0 Å². The maximum absolute atomic E-state index is 14.5. The lowest BCUT2D eigenvalue weighted by molar-refractivity contribution is 0.236. The SMILES string of the molecule is Cc1nn(-c2ccccc2)c(COc2c(F)cc(CC(C)CO)cc2F)c1C#N. The Bertz CT molecular complexity index is 1020. The van der Waals surface area contributed by atoms with Crippen molar-refractivity contribution in [3.05, 3.63) is 76.6 Å². The van der Waals surface area contributed by atoms with Crippen LogP contribution in [0.4, 0.5) is 8.78 Å². The van der Waals surface area contributed by atoms with Gasteiger partial charge in [0.2, 0.25) is 0 Å². The number of rotatable bonds is 7. The number of para-hydroxylation sites is 1. The summed E-state index contributed by atoms with van der Waals surface area (Å²) >= 11 is 0. The Morgan fingerprint density at radius 2 is 1.86 bits per heavy atom. The molecule has 1 unspecified atom stereocenters. The van der Waals surface area contributed by atoms with Crippen molar-refractivity contribution in [2.75, 3.05) is 6.61 Å². The highest BCUT2D eigenvalue weighted by Gasteiger charge is 2.20. The molecule has 150 valence electrons. The van der Waals surface area contributed by atoms with Crippen LogP contribution in [-0.4, -0.2) is 21.5 Å². The highest BCUT2D eigenvalue weighted by molar-refractivity contribution is 5.43. The molecule has 3 aromatic rings. The fourth-order valence-electron chi connectivity index (χ4n) is 3.11.